The van der Waals surface area contributed by atoms with Gasteiger partial charge in [0.25, 0.3) is 5.91 Å². The monoisotopic (exact) mass is 375 g/mol. The molecule has 1 amide bonds. The van der Waals surface area contributed by atoms with E-state index in [1.165, 1.54) is 0 Å². The first-order valence-corrected chi connectivity index (χ1v) is 8.62. The zero-order valence-electron chi connectivity index (χ0n) is 14.0. The first-order chi connectivity index (χ1) is 12.5. The highest BCUT2D eigenvalue weighted by Gasteiger charge is 2.26. The van der Waals surface area contributed by atoms with Gasteiger partial charge in [0.15, 0.2) is 6.61 Å². The van der Waals surface area contributed by atoms with Crippen molar-refractivity contribution in [2.24, 2.45) is 0 Å². The molecule has 7 nitrogen and oxygen atoms in total. The Morgan fingerprint density at radius 2 is 1.77 bits per heavy atom. The van der Waals surface area contributed by atoms with Crippen LogP contribution in [0, 0.1) is 0 Å². The Labute approximate surface area is 155 Å². The van der Waals surface area contributed by atoms with Crippen molar-refractivity contribution in [1.82, 2.24) is 14.9 Å². The predicted molar refractivity (Wildman–Crippen MR) is 94.5 cm³/mol. The van der Waals surface area contributed by atoms with Gasteiger partial charge in [0, 0.05) is 37.0 Å². The van der Waals surface area contributed by atoms with E-state index in [-0.39, 0.29) is 11.8 Å². The Hall–Kier alpha value is -2.67. The van der Waals surface area contributed by atoms with E-state index < -0.39 is 12.6 Å². The standard InChI is InChI=1S/C18H18ClN3O4/c19-14-9-20-17(21-10-14)12-5-7-22(8-6-12)18(25)13-1-3-15(4-2-13)26-11-16(23)24/h1-4,9-10,12H,5-8,11H2,(H,23,24). The van der Waals surface area contributed by atoms with Crippen molar-refractivity contribution >= 4 is 23.5 Å². The number of benzene rings is 1. The number of likely N-dealkylation sites (tertiary alicyclic amines) is 1. The average molecular weight is 376 g/mol. The van der Waals surface area contributed by atoms with Gasteiger partial charge < -0.3 is 14.7 Å². The van der Waals surface area contributed by atoms with Crippen molar-refractivity contribution in [2.75, 3.05) is 19.7 Å². The summed E-state index contributed by atoms with van der Waals surface area (Å²) in [7, 11) is 0. The number of halogens is 1. The van der Waals surface area contributed by atoms with Crippen LogP contribution in [0.15, 0.2) is 36.7 Å². The molecule has 0 saturated carbocycles. The predicted octanol–water partition coefficient (Wildman–Crippen LogP) is 2.61. The summed E-state index contributed by atoms with van der Waals surface area (Å²) in [5.41, 5.74) is 0.550. The van der Waals surface area contributed by atoms with Crippen molar-refractivity contribution in [3.8, 4) is 5.75 Å². The number of hydrogen-bond donors (Lipinski definition) is 1. The Bertz CT molecular complexity index is 772. The molecule has 8 heteroatoms. The number of carbonyl (C=O) groups is 2. The van der Waals surface area contributed by atoms with Gasteiger partial charge >= 0.3 is 5.97 Å². The molecule has 1 aromatic heterocycles. The van der Waals surface area contributed by atoms with Gasteiger partial charge in [-0.15, -0.1) is 0 Å². The highest BCUT2D eigenvalue weighted by atomic mass is 35.5. The van der Waals surface area contributed by atoms with Gasteiger partial charge in [-0.25, -0.2) is 14.8 Å². The summed E-state index contributed by atoms with van der Waals surface area (Å²) in [4.78, 5) is 33.4. The van der Waals surface area contributed by atoms with Crippen LogP contribution in [0.5, 0.6) is 5.75 Å². The van der Waals surface area contributed by atoms with Crippen LogP contribution in [-0.2, 0) is 4.79 Å². The van der Waals surface area contributed by atoms with E-state index in [0.717, 1.165) is 18.7 Å². The van der Waals surface area contributed by atoms with Crippen molar-refractivity contribution in [3.63, 3.8) is 0 Å². The van der Waals surface area contributed by atoms with E-state index in [9.17, 15) is 9.59 Å². The van der Waals surface area contributed by atoms with E-state index in [4.69, 9.17) is 21.4 Å². The number of carboxylic acids is 1. The fourth-order valence-corrected chi connectivity index (χ4v) is 2.99. The maximum absolute atomic E-state index is 12.6. The number of carboxylic acid groups (broad SMARTS) is 1. The van der Waals surface area contributed by atoms with Gasteiger partial charge in [-0.1, -0.05) is 11.6 Å². The quantitative estimate of drug-likeness (QED) is 0.863. The zero-order chi connectivity index (χ0) is 18.5. The number of piperidine rings is 1. The number of hydrogen-bond acceptors (Lipinski definition) is 5. The molecule has 3 rings (SSSR count). The van der Waals surface area contributed by atoms with Crippen molar-refractivity contribution in [3.05, 3.63) is 53.1 Å². The Morgan fingerprint density at radius 3 is 2.35 bits per heavy atom. The normalized spacial score (nSPS) is 14.9. The molecule has 1 saturated heterocycles. The van der Waals surface area contributed by atoms with Crippen molar-refractivity contribution < 1.29 is 19.4 Å². The molecule has 0 radical (unpaired) electrons. The molecule has 0 atom stereocenters. The second-order valence-corrected chi connectivity index (χ2v) is 6.47. The van der Waals surface area contributed by atoms with Crippen LogP contribution >= 0.6 is 11.6 Å². The molecule has 1 aliphatic rings. The number of aromatic nitrogens is 2. The zero-order valence-corrected chi connectivity index (χ0v) is 14.7. The maximum atomic E-state index is 12.6. The number of aliphatic carboxylic acids is 1. The van der Waals surface area contributed by atoms with Gasteiger partial charge in [-0.3, -0.25) is 4.79 Å². The summed E-state index contributed by atoms with van der Waals surface area (Å²) < 4.78 is 5.07. The van der Waals surface area contributed by atoms with Crippen LogP contribution in [0.4, 0.5) is 0 Å². The Balaban J connectivity index is 1.56. The summed E-state index contributed by atoms with van der Waals surface area (Å²) in [6.07, 6.45) is 4.78. The number of carbonyl (C=O) groups excluding carboxylic acids is 1. The largest absolute Gasteiger partial charge is 0.482 e. The van der Waals surface area contributed by atoms with Crippen LogP contribution in [0.2, 0.25) is 5.02 Å². The van der Waals surface area contributed by atoms with Gasteiger partial charge in [0.2, 0.25) is 0 Å². The lowest BCUT2D eigenvalue weighted by molar-refractivity contribution is -0.139. The SMILES string of the molecule is O=C(O)COc1ccc(C(=O)N2CCC(c3ncc(Cl)cn3)CC2)cc1. The van der Waals surface area contributed by atoms with Crippen molar-refractivity contribution in [1.29, 1.82) is 0 Å². The summed E-state index contributed by atoms with van der Waals surface area (Å²) >= 11 is 5.81. The van der Waals surface area contributed by atoms with Crippen LogP contribution in [0.3, 0.4) is 0 Å². The first kappa shape index (κ1) is 18.1. The third kappa shape index (κ3) is 4.49. The van der Waals surface area contributed by atoms with Gasteiger partial charge in [-0.05, 0) is 37.1 Å². The average Bonchev–Trinajstić information content (AvgIpc) is 2.67. The number of rotatable bonds is 5. The van der Waals surface area contributed by atoms with E-state index in [1.807, 2.05) is 0 Å². The third-order valence-corrected chi connectivity index (χ3v) is 4.45. The Morgan fingerprint density at radius 1 is 1.15 bits per heavy atom. The number of nitrogens with zero attached hydrogens (tertiary/aromatic N) is 3. The smallest absolute Gasteiger partial charge is 0.341 e. The molecule has 0 aliphatic carbocycles. The molecule has 0 unspecified atom stereocenters. The fourth-order valence-electron chi connectivity index (χ4n) is 2.90. The lowest BCUT2D eigenvalue weighted by atomic mass is 9.95. The third-order valence-electron chi connectivity index (χ3n) is 4.25. The minimum absolute atomic E-state index is 0.0507. The first-order valence-electron chi connectivity index (χ1n) is 8.24. The molecule has 2 aromatic rings. The lowest BCUT2D eigenvalue weighted by Gasteiger charge is -2.31. The summed E-state index contributed by atoms with van der Waals surface area (Å²) in [5.74, 6) is 0.315. The second kappa shape index (κ2) is 8.14. The Kier molecular flexibility index (Phi) is 5.68. The molecule has 2 heterocycles. The highest BCUT2D eigenvalue weighted by molar-refractivity contribution is 6.30. The number of amides is 1. The van der Waals surface area contributed by atoms with Crippen LogP contribution in [0.1, 0.15) is 34.9 Å². The maximum Gasteiger partial charge on any atom is 0.341 e. The van der Waals surface area contributed by atoms with Crippen LogP contribution in [0.25, 0.3) is 0 Å². The molecule has 1 N–H and O–H groups in total. The molecule has 1 aliphatic heterocycles. The minimum atomic E-state index is -1.04. The minimum Gasteiger partial charge on any atom is -0.482 e. The summed E-state index contributed by atoms with van der Waals surface area (Å²) in [6.45, 7) is 0.854. The van der Waals surface area contributed by atoms with E-state index in [0.29, 0.717) is 29.4 Å². The van der Waals surface area contributed by atoms with Crippen LogP contribution in [-0.4, -0.2) is 51.5 Å². The summed E-state index contributed by atoms with van der Waals surface area (Å²) in [5, 5.41) is 9.12. The van der Waals surface area contributed by atoms with Crippen molar-refractivity contribution in [2.45, 2.75) is 18.8 Å². The molecule has 1 aromatic carbocycles. The molecular formula is C18H18ClN3O4. The summed E-state index contributed by atoms with van der Waals surface area (Å²) in [6, 6.07) is 6.50. The molecule has 1 fully saturated rings. The molecule has 0 spiro atoms. The molecular weight excluding hydrogens is 358 g/mol. The van der Waals surface area contributed by atoms with Gasteiger partial charge in [0.1, 0.15) is 11.6 Å². The molecule has 136 valence electrons. The van der Waals surface area contributed by atoms with Crippen LogP contribution < -0.4 is 4.74 Å². The second-order valence-electron chi connectivity index (χ2n) is 6.03. The topological polar surface area (TPSA) is 92.6 Å². The lowest BCUT2D eigenvalue weighted by Crippen LogP contribution is -2.38. The fraction of sp³-hybridized carbons (Fsp3) is 0.333. The highest BCUT2D eigenvalue weighted by Crippen LogP contribution is 2.26. The van der Waals surface area contributed by atoms with Gasteiger partial charge in [0.05, 0.1) is 5.02 Å². The van der Waals surface area contributed by atoms with E-state index >= 15 is 0 Å². The molecule has 26 heavy (non-hydrogen) atoms. The van der Waals surface area contributed by atoms with Gasteiger partial charge in [-0.2, -0.15) is 0 Å². The number of ether oxygens (including phenoxy) is 1. The molecule has 0 bridgehead atoms. The van der Waals surface area contributed by atoms with E-state index in [2.05, 4.69) is 9.97 Å². The van der Waals surface area contributed by atoms with E-state index in [1.54, 1.807) is 41.6 Å².